The van der Waals surface area contributed by atoms with Gasteiger partial charge in [-0.25, -0.2) is 4.79 Å². The van der Waals surface area contributed by atoms with Crippen LogP contribution in [0.4, 0.5) is 0 Å². The number of carbonyl (C=O) groups excluding carboxylic acids is 3. The van der Waals surface area contributed by atoms with Crippen molar-refractivity contribution in [2.45, 2.75) is 58.7 Å². The lowest BCUT2D eigenvalue weighted by Gasteiger charge is -2.25. The largest absolute Gasteiger partial charge is 0.481 e. The molecule has 160 valence electrons. The molecule has 0 bridgehead atoms. The standard InChI is InChI=1S/C17H30N4O7/c1-5-9(4)13(18)15(25)21-14(8(2)3)16(26)19-7-11(22)20-10(17(27)28)6-12(23)24/h8-10,13-14H,5-7,18H2,1-4H3,(H,19,26)(H,20,22)(H,21,25)(H,23,24)(H,27,28). The van der Waals surface area contributed by atoms with Gasteiger partial charge in [-0.05, 0) is 11.8 Å². The van der Waals surface area contributed by atoms with Crippen molar-refractivity contribution in [1.82, 2.24) is 16.0 Å². The Kier molecular flexibility index (Phi) is 10.8. The summed E-state index contributed by atoms with van der Waals surface area (Å²) in [5, 5.41) is 24.4. The van der Waals surface area contributed by atoms with E-state index in [1.807, 2.05) is 19.2 Å². The van der Waals surface area contributed by atoms with Crippen LogP contribution in [0.2, 0.25) is 0 Å². The van der Waals surface area contributed by atoms with Crippen LogP contribution >= 0.6 is 0 Å². The summed E-state index contributed by atoms with van der Waals surface area (Å²) in [7, 11) is 0. The molecule has 0 fully saturated rings. The summed E-state index contributed by atoms with van der Waals surface area (Å²) in [6.07, 6.45) is -0.110. The Hall–Kier alpha value is -2.69. The molecule has 0 aromatic carbocycles. The molecule has 0 rings (SSSR count). The van der Waals surface area contributed by atoms with Crippen molar-refractivity contribution in [2.75, 3.05) is 6.54 Å². The number of aliphatic carboxylic acids is 2. The van der Waals surface area contributed by atoms with Crippen LogP contribution in [0, 0.1) is 11.8 Å². The van der Waals surface area contributed by atoms with Gasteiger partial charge in [-0.1, -0.05) is 34.1 Å². The summed E-state index contributed by atoms with van der Waals surface area (Å²) >= 11 is 0. The van der Waals surface area contributed by atoms with Crippen LogP contribution < -0.4 is 21.7 Å². The van der Waals surface area contributed by atoms with Gasteiger partial charge in [0.15, 0.2) is 0 Å². The molecule has 0 spiro atoms. The zero-order valence-electron chi connectivity index (χ0n) is 16.5. The highest BCUT2D eigenvalue weighted by molar-refractivity contribution is 5.93. The molecular weight excluding hydrogens is 372 g/mol. The van der Waals surface area contributed by atoms with Gasteiger partial charge in [0.1, 0.15) is 12.1 Å². The van der Waals surface area contributed by atoms with Gasteiger partial charge < -0.3 is 31.9 Å². The molecule has 0 aliphatic carbocycles. The number of amides is 3. The Morgan fingerprint density at radius 2 is 1.54 bits per heavy atom. The van der Waals surface area contributed by atoms with Crippen LogP contribution in [-0.2, 0) is 24.0 Å². The van der Waals surface area contributed by atoms with Gasteiger partial charge in [-0.15, -0.1) is 0 Å². The Morgan fingerprint density at radius 3 is 1.96 bits per heavy atom. The summed E-state index contributed by atoms with van der Waals surface area (Å²) in [5.74, 6) is -5.27. The van der Waals surface area contributed by atoms with Gasteiger partial charge in [-0.2, -0.15) is 0 Å². The lowest BCUT2D eigenvalue weighted by Crippen LogP contribution is -2.56. The quantitative estimate of drug-likeness (QED) is 0.231. The monoisotopic (exact) mass is 402 g/mol. The van der Waals surface area contributed by atoms with E-state index in [-0.39, 0.29) is 11.8 Å². The fourth-order valence-corrected chi connectivity index (χ4v) is 2.19. The first-order chi connectivity index (χ1) is 12.9. The van der Waals surface area contributed by atoms with Crippen molar-refractivity contribution >= 4 is 29.7 Å². The molecular formula is C17H30N4O7. The first kappa shape index (κ1) is 25.3. The van der Waals surface area contributed by atoms with Gasteiger partial charge in [0.25, 0.3) is 0 Å². The highest BCUT2D eigenvalue weighted by Gasteiger charge is 2.29. The maximum atomic E-state index is 12.3. The third kappa shape index (κ3) is 8.80. The van der Waals surface area contributed by atoms with Crippen LogP contribution in [0.25, 0.3) is 0 Å². The zero-order chi connectivity index (χ0) is 22.0. The first-order valence-corrected chi connectivity index (χ1v) is 8.98. The molecule has 0 aromatic heterocycles. The molecule has 4 unspecified atom stereocenters. The Morgan fingerprint density at radius 1 is 0.964 bits per heavy atom. The minimum Gasteiger partial charge on any atom is -0.481 e. The van der Waals surface area contributed by atoms with Crippen molar-refractivity contribution in [3.8, 4) is 0 Å². The van der Waals surface area contributed by atoms with E-state index in [4.69, 9.17) is 15.9 Å². The second kappa shape index (κ2) is 11.9. The number of carbonyl (C=O) groups is 5. The lowest BCUT2D eigenvalue weighted by atomic mass is 9.97. The highest BCUT2D eigenvalue weighted by atomic mass is 16.4. The van der Waals surface area contributed by atoms with E-state index < -0.39 is 60.8 Å². The molecule has 0 aliphatic heterocycles. The van der Waals surface area contributed by atoms with Gasteiger partial charge >= 0.3 is 11.9 Å². The number of hydrogen-bond donors (Lipinski definition) is 6. The van der Waals surface area contributed by atoms with E-state index in [1.165, 1.54) is 0 Å². The summed E-state index contributed by atoms with van der Waals surface area (Å²) in [4.78, 5) is 57.9. The molecule has 11 nitrogen and oxygen atoms in total. The van der Waals surface area contributed by atoms with E-state index in [0.717, 1.165) is 0 Å². The average Bonchev–Trinajstić information content (AvgIpc) is 2.61. The third-order valence-corrected chi connectivity index (χ3v) is 4.24. The van der Waals surface area contributed by atoms with Crippen LogP contribution in [0.5, 0.6) is 0 Å². The molecule has 11 heteroatoms. The summed E-state index contributed by atoms with van der Waals surface area (Å²) in [6.45, 7) is 6.53. The van der Waals surface area contributed by atoms with Crippen LogP contribution in [0.3, 0.4) is 0 Å². The Bertz CT molecular complexity index is 594. The van der Waals surface area contributed by atoms with Crippen molar-refractivity contribution < 1.29 is 34.2 Å². The molecule has 0 aromatic rings. The summed E-state index contributed by atoms with van der Waals surface area (Å²) in [6, 6.07) is -3.34. The second-order valence-corrected chi connectivity index (χ2v) is 6.92. The Labute approximate surface area is 163 Å². The number of rotatable bonds is 12. The molecule has 0 heterocycles. The fraction of sp³-hybridized carbons (Fsp3) is 0.706. The third-order valence-electron chi connectivity index (χ3n) is 4.24. The number of hydrogen-bond acceptors (Lipinski definition) is 6. The molecule has 4 atom stereocenters. The van der Waals surface area contributed by atoms with Gasteiger partial charge in [-0.3, -0.25) is 19.2 Å². The SMILES string of the molecule is CCC(C)C(N)C(=O)NC(C(=O)NCC(=O)NC(CC(=O)O)C(=O)O)C(C)C. The minimum atomic E-state index is -1.61. The maximum Gasteiger partial charge on any atom is 0.326 e. The van der Waals surface area contributed by atoms with Crippen molar-refractivity contribution in [3.63, 3.8) is 0 Å². The Balaban J connectivity index is 4.81. The second-order valence-electron chi connectivity index (χ2n) is 6.92. The summed E-state index contributed by atoms with van der Waals surface area (Å²) < 4.78 is 0. The topological polar surface area (TPSA) is 188 Å². The fourth-order valence-electron chi connectivity index (χ4n) is 2.19. The van der Waals surface area contributed by atoms with Gasteiger partial charge in [0.2, 0.25) is 17.7 Å². The lowest BCUT2D eigenvalue weighted by molar-refractivity contribution is -0.147. The van der Waals surface area contributed by atoms with E-state index in [9.17, 15) is 24.0 Å². The van der Waals surface area contributed by atoms with Gasteiger partial charge in [0, 0.05) is 0 Å². The van der Waals surface area contributed by atoms with Crippen LogP contribution in [0.15, 0.2) is 0 Å². The number of carboxylic acids is 2. The molecule has 0 saturated carbocycles. The van der Waals surface area contributed by atoms with Crippen molar-refractivity contribution in [2.24, 2.45) is 17.6 Å². The number of carboxylic acid groups (broad SMARTS) is 2. The molecule has 0 saturated heterocycles. The molecule has 28 heavy (non-hydrogen) atoms. The number of nitrogens with two attached hydrogens (primary N) is 1. The van der Waals surface area contributed by atoms with Gasteiger partial charge in [0.05, 0.1) is 19.0 Å². The molecule has 7 N–H and O–H groups in total. The smallest absolute Gasteiger partial charge is 0.326 e. The van der Waals surface area contributed by atoms with Crippen molar-refractivity contribution in [3.05, 3.63) is 0 Å². The van der Waals surface area contributed by atoms with Crippen LogP contribution in [-0.4, -0.2) is 64.5 Å². The highest BCUT2D eigenvalue weighted by Crippen LogP contribution is 2.08. The predicted octanol–water partition coefficient (Wildman–Crippen LogP) is -1.34. The average molecular weight is 402 g/mol. The van der Waals surface area contributed by atoms with Crippen molar-refractivity contribution in [1.29, 1.82) is 0 Å². The molecule has 0 radical (unpaired) electrons. The predicted molar refractivity (Wildman–Crippen MR) is 99.0 cm³/mol. The van der Waals surface area contributed by atoms with E-state index in [1.54, 1.807) is 13.8 Å². The van der Waals surface area contributed by atoms with E-state index >= 15 is 0 Å². The molecule has 0 aliphatic rings. The van der Waals surface area contributed by atoms with Crippen LogP contribution in [0.1, 0.15) is 40.5 Å². The van der Waals surface area contributed by atoms with E-state index in [0.29, 0.717) is 6.42 Å². The zero-order valence-corrected chi connectivity index (χ0v) is 16.5. The minimum absolute atomic E-state index is 0.0798. The maximum absolute atomic E-state index is 12.3. The summed E-state index contributed by atoms with van der Waals surface area (Å²) in [5.41, 5.74) is 5.85. The normalized spacial score (nSPS) is 15.1. The molecule has 3 amide bonds. The first-order valence-electron chi connectivity index (χ1n) is 8.98. The number of nitrogens with one attached hydrogen (secondary N) is 3. The van der Waals surface area contributed by atoms with E-state index in [2.05, 4.69) is 10.6 Å².